The molecule has 2 aromatic carbocycles. The van der Waals surface area contributed by atoms with Crippen LogP contribution in [0.3, 0.4) is 0 Å². The van der Waals surface area contributed by atoms with Crippen LogP contribution in [0.1, 0.15) is 18.4 Å². The molecule has 0 radical (unpaired) electrons. The van der Waals surface area contributed by atoms with E-state index in [0.29, 0.717) is 21.8 Å². The highest BCUT2D eigenvalue weighted by Gasteiger charge is 2.18. The van der Waals surface area contributed by atoms with Gasteiger partial charge >= 0.3 is 0 Å². The highest BCUT2D eigenvalue weighted by Crippen LogP contribution is 2.24. The van der Waals surface area contributed by atoms with E-state index in [1.54, 1.807) is 31.2 Å². The van der Waals surface area contributed by atoms with Crippen molar-refractivity contribution in [3.8, 4) is 5.75 Å². The Bertz CT molecular complexity index is 915. The van der Waals surface area contributed by atoms with E-state index in [9.17, 15) is 4.79 Å². The zero-order valence-corrected chi connectivity index (χ0v) is 16.4. The van der Waals surface area contributed by atoms with Crippen molar-refractivity contribution in [1.82, 2.24) is 10.2 Å². The molecule has 1 unspecified atom stereocenters. The molecule has 0 spiro atoms. The van der Waals surface area contributed by atoms with Crippen LogP contribution >= 0.6 is 23.4 Å². The van der Waals surface area contributed by atoms with Crippen LogP contribution in [0.25, 0.3) is 0 Å². The number of thioether (sulfide) groups is 1. The minimum Gasteiger partial charge on any atom is -0.484 e. The van der Waals surface area contributed by atoms with Gasteiger partial charge in [-0.25, -0.2) is 0 Å². The molecule has 1 N–H and O–H groups in total. The van der Waals surface area contributed by atoms with Gasteiger partial charge in [0, 0.05) is 10.7 Å². The topological polar surface area (TPSA) is 77.2 Å². The predicted molar refractivity (Wildman–Crippen MR) is 105 cm³/mol. The third-order valence-electron chi connectivity index (χ3n) is 3.56. The summed E-state index contributed by atoms with van der Waals surface area (Å²) in [5, 5.41) is 11.2. The van der Waals surface area contributed by atoms with Crippen molar-refractivity contribution in [2.24, 2.45) is 0 Å². The number of nitrogens with one attached hydrogen (secondary N) is 1. The Morgan fingerprint density at radius 3 is 2.78 bits per heavy atom. The second-order valence-electron chi connectivity index (χ2n) is 5.82. The molecule has 0 aliphatic carbocycles. The third kappa shape index (κ3) is 5.74. The first kappa shape index (κ1) is 19.3. The summed E-state index contributed by atoms with van der Waals surface area (Å²) in [6.07, 6.45) is 0. The average molecular weight is 404 g/mol. The summed E-state index contributed by atoms with van der Waals surface area (Å²) >= 11 is 7.02. The second-order valence-corrected chi connectivity index (χ2v) is 7.55. The lowest BCUT2D eigenvalue weighted by Crippen LogP contribution is -2.22. The lowest BCUT2D eigenvalue weighted by atomic mass is 10.2. The van der Waals surface area contributed by atoms with Gasteiger partial charge in [-0.3, -0.25) is 4.79 Å². The molecule has 0 aliphatic rings. The fraction of sp³-hybridized carbons (Fsp3) is 0.211. The first-order valence-electron chi connectivity index (χ1n) is 8.24. The number of amides is 1. The normalized spacial score (nSPS) is 11.8. The van der Waals surface area contributed by atoms with Gasteiger partial charge < -0.3 is 14.5 Å². The van der Waals surface area contributed by atoms with Crippen LogP contribution in [-0.4, -0.2) is 21.4 Å². The molecule has 0 saturated heterocycles. The molecule has 140 valence electrons. The first-order valence-corrected chi connectivity index (χ1v) is 9.50. The maximum absolute atomic E-state index is 12.3. The number of anilines is 1. The molecule has 1 heterocycles. The van der Waals surface area contributed by atoms with Gasteiger partial charge in [0.2, 0.25) is 5.91 Å². The number of aryl methyl sites for hydroxylation is 1. The van der Waals surface area contributed by atoms with Crippen LogP contribution < -0.4 is 10.1 Å². The van der Waals surface area contributed by atoms with Gasteiger partial charge in [-0.15, -0.1) is 10.2 Å². The molecule has 3 rings (SSSR count). The van der Waals surface area contributed by atoms with E-state index in [0.717, 1.165) is 11.3 Å². The maximum Gasteiger partial charge on any atom is 0.277 e. The number of nitrogens with zero attached hydrogens (tertiary/aromatic N) is 2. The SMILES string of the molecule is Cc1cccc(OCc2nnc(SC(C)C(=O)Nc3ccc(Cl)cc3)o2)c1. The lowest BCUT2D eigenvalue weighted by molar-refractivity contribution is -0.115. The Morgan fingerprint density at radius 2 is 2.04 bits per heavy atom. The molecule has 27 heavy (non-hydrogen) atoms. The van der Waals surface area contributed by atoms with Crippen molar-refractivity contribution in [2.75, 3.05) is 5.32 Å². The minimum absolute atomic E-state index is 0.168. The Morgan fingerprint density at radius 1 is 1.26 bits per heavy atom. The van der Waals surface area contributed by atoms with Crippen molar-refractivity contribution < 1.29 is 13.9 Å². The molecule has 6 nitrogen and oxygen atoms in total. The van der Waals surface area contributed by atoms with Crippen molar-refractivity contribution >= 4 is 35.0 Å². The van der Waals surface area contributed by atoms with Crippen LogP contribution in [0.5, 0.6) is 5.75 Å². The molecule has 3 aromatic rings. The summed E-state index contributed by atoms with van der Waals surface area (Å²) in [5.41, 5.74) is 1.78. The third-order valence-corrected chi connectivity index (χ3v) is 4.74. The molecule has 1 atom stereocenters. The van der Waals surface area contributed by atoms with Crippen LogP contribution in [0.4, 0.5) is 5.69 Å². The van der Waals surface area contributed by atoms with E-state index < -0.39 is 5.25 Å². The van der Waals surface area contributed by atoms with Crippen LogP contribution in [-0.2, 0) is 11.4 Å². The molecule has 0 fully saturated rings. The summed E-state index contributed by atoms with van der Waals surface area (Å²) in [6, 6.07) is 14.6. The number of halogens is 1. The maximum atomic E-state index is 12.3. The first-order chi connectivity index (χ1) is 13.0. The summed E-state index contributed by atoms with van der Waals surface area (Å²) in [6.45, 7) is 3.93. The fourth-order valence-electron chi connectivity index (χ4n) is 2.18. The summed E-state index contributed by atoms with van der Waals surface area (Å²) in [5.74, 6) is 0.917. The van der Waals surface area contributed by atoms with E-state index >= 15 is 0 Å². The Hall–Kier alpha value is -2.51. The zero-order valence-electron chi connectivity index (χ0n) is 14.8. The van der Waals surface area contributed by atoms with Gasteiger partial charge in [-0.1, -0.05) is 35.5 Å². The van der Waals surface area contributed by atoms with Crippen LogP contribution in [0, 0.1) is 6.92 Å². The summed E-state index contributed by atoms with van der Waals surface area (Å²) in [7, 11) is 0. The number of rotatable bonds is 7. The Kier molecular flexibility index (Phi) is 6.36. The molecule has 0 saturated carbocycles. The summed E-state index contributed by atoms with van der Waals surface area (Å²) in [4.78, 5) is 12.3. The van der Waals surface area contributed by atoms with Crippen molar-refractivity contribution in [3.63, 3.8) is 0 Å². The fourth-order valence-corrected chi connectivity index (χ4v) is 3.00. The van der Waals surface area contributed by atoms with Gasteiger partial charge in [0.25, 0.3) is 11.1 Å². The van der Waals surface area contributed by atoms with E-state index in [1.165, 1.54) is 11.8 Å². The number of carbonyl (C=O) groups is 1. The van der Waals surface area contributed by atoms with Gasteiger partial charge in [-0.2, -0.15) is 0 Å². The molecule has 8 heteroatoms. The van der Waals surface area contributed by atoms with Gasteiger partial charge in [0.15, 0.2) is 6.61 Å². The van der Waals surface area contributed by atoms with E-state index in [1.807, 2.05) is 31.2 Å². The molecule has 0 aliphatic heterocycles. The number of carbonyl (C=O) groups excluding carboxylic acids is 1. The van der Waals surface area contributed by atoms with Gasteiger partial charge in [0.1, 0.15) is 5.75 Å². The molecule has 1 aromatic heterocycles. The molecular formula is C19H18ClN3O3S. The van der Waals surface area contributed by atoms with Crippen molar-refractivity contribution in [3.05, 3.63) is 65.0 Å². The number of benzene rings is 2. The van der Waals surface area contributed by atoms with Gasteiger partial charge in [0.05, 0.1) is 5.25 Å². The number of hydrogen-bond acceptors (Lipinski definition) is 6. The highest BCUT2D eigenvalue weighted by atomic mass is 35.5. The number of ether oxygens (including phenoxy) is 1. The minimum atomic E-state index is -0.410. The highest BCUT2D eigenvalue weighted by molar-refractivity contribution is 8.00. The molecular weight excluding hydrogens is 386 g/mol. The number of hydrogen-bond donors (Lipinski definition) is 1. The molecule has 0 bridgehead atoms. The molecule has 1 amide bonds. The lowest BCUT2D eigenvalue weighted by Gasteiger charge is -2.09. The van der Waals surface area contributed by atoms with E-state index in [4.69, 9.17) is 20.8 Å². The number of aromatic nitrogens is 2. The second kappa shape index (κ2) is 8.92. The average Bonchev–Trinajstić information content (AvgIpc) is 3.09. The quantitative estimate of drug-likeness (QED) is 0.574. The van der Waals surface area contributed by atoms with Crippen molar-refractivity contribution in [2.45, 2.75) is 30.9 Å². The van der Waals surface area contributed by atoms with Crippen LogP contribution in [0.2, 0.25) is 5.02 Å². The standard InChI is InChI=1S/C19H18ClN3O3S/c1-12-4-3-5-16(10-12)25-11-17-22-23-19(26-17)27-13(2)18(24)21-15-8-6-14(20)7-9-15/h3-10,13H,11H2,1-2H3,(H,21,24). The Labute approximate surface area is 166 Å². The van der Waals surface area contributed by atoms with Crippen molar-refractivity contribution in [1.29, 1.82) is 0 Å². The predicted octanol–water partition coefficient (Wildman–Crippen LogP) is 4.73. The largest absolute Gasteiger partial charge is 0.484 e. The Balaban J connectivity index is 1.51. The van der Waals surface area contributed by atoms with E-state index in [-0.39, 0.29) is 12.5 Å². The van der Waals surface area contributed by atoms with Gasteiger partial charge in [-0.05, 0) is 55.8 Å². The summed E-state index contributed by atoms with van der Waals surface area (Å²) < 4.78 is 11.2. The zero-order chi connectivity index (χ0) is 19.2. The smallest absolute Gasteiger partial charge is 0.277 e. The van der Waals surface area contributed by atoms with Crippen LogP contribution in [0.15, 0.2) is 58.2 Å². The van der Waals surface area contributed by atoms with E-state index in [2.05, 4.69) is 15.5 Å². The monoisotopic (exact) mass is 403 g/mol.